The maximum atomic E-state index is 4.91. The summed E-state index contributed by atoms with van der Waals surface area (Å²) in [4.78, 5) is 4.91. The average molecular weight is 289 g/mol. The van der Waals surface area contributed by atoms with E-state index in [9.17, 15) is 0 Å². The zero-order chi connectivity index (χ0) is 15.7. The lowest BCUT2D eigenvalue weighted by molar-refractivity contribution is 0.739. The Balaban J connectivity index is 2.26. The van der Waals surface area contributed by atoms with Crippen LogP contribution in [0.4, 0.5) is 0 Å². The molecule has 1 nitrogen and oxygen atoms in total. The van der Waals surface area contributed by atoms with E-state index in [2.05, 4.69) is 76.2 Å². The lowest BCUT2D eigenvalue weighted by Gasteiger charge is -2.15. The lowest BCUT2D eigenvalue weighted by atomic mass is 9.93. The van der Waals surface area contributed by atoms with Crippen LogP contribution in [0.1, 0.15) is 42.9 Å². The standard InChI is InChI=1S/C21H23N/c1-5-16(4)19-13-21(17-11-14(2)10-15(3)12-17)22-20-9-7-6-8-18(19)20/h6-13,16H,5H2,1-4H3. The van der Waals surface area contributed by atoms with Crippen molar-refractivity contribution in [1.82, 2.24) is 4.98 Å². The quantitative estimate of drug-likeness (QED) is 0.573. The van der Waals surface area contributed by atoms with Gasteiger partial charge < -0.3 is 0 Å². The van der Waals surface area contributed by atoms with Gasteiger partial charge in [0.15, 0.2) is 0 Å². The second-order valence-corrected chi connectivity index (χ2v) is 6.30. The summed E-state index contributed by atoms with van der Waals surface area (Å²) in [6, 6.07) is 17.4. The number of aromatic nitrogens is 1. The summed E-state index contributed by atoms with van der Waals surface area (Å²) in [6.07, 6.45) is 1.14. The van der Waals surface area contributed by atoms with Gasteiger partial charge in [-0.05, 0) is 56.0 Å². The van der Waals surface area contributed by atoms with Gasteiger partial charge in [-0.15, -0.1) is 0 Å². The molecule has 0 amide bonds. The molecule has 0 saturated carbocycles. The Bertz CT molecular complexity index is 797. The Morgan fingerprint density at radius 3 is 2.32 bits per heavy atom. The van der Waals surface area contributed by atoms with Gasteiger partial charge in [0.25, 0.3) is 0 Å². The molecule has 1 heterocycles. The van der Waals surface area contributed by atoms with Crippen LogP contribution in [0.5, 0.6) is 0 Å². The minimum atomic E-state index is 0.539. The van der Waals surface area contributed by atoms with E-state index in [4.69, 9.17) is 4.98 Å². The number of fused-ring (bicyclic) bond motifs is 1. The molecular formula is C21H23N. The van der Waals surface area contributed by atoms with Crippen LogP contribution in [0.15, 0.2) is 48.5 Å². The molecule has 0 aliphatic carbocycles. The predicted molar refractivity (Wildman–Crippen MR) is 95.4 cm³/mol. The largest absolute Gasteiger partial charge is 0.248 e. The fraction of sp³-hybridized carbons (Fsp3) is 0.286. The van der Waals surface area contributed by atoms with E-state index in [0.717, 1.165) is 17.6 Å². The molecule has 0 aliphatic heterocycles. The van der Waals surface area contributed by atoms with Gasteiger partial charge in [-0.3, -0.25) is 0 Å². The predicted octanol–water partition coefficient (Wildman–Crippen LogP) is 6.03. The molecule has 3 aromatic rings. The Labute approximate surface area is 133 Å². The number of hydrogen-bond acceptors (Lipinski definition) is 1. The summed E-state index contributed by atoms with van der Waals surface area (Å²) in [5.41, 5.74) is 7.37. The molecule has 112 valence electrons. The van der Waals surface area contributed by atoms with E-state index in [1.807, 2.05) is 0 Å². The maximum Gasteiger partial charge on any atom is 0.0712 e. The first-order chi connectivity index (χ1) is 10.6. The first kappa shape index (κ1) is 14.8. The van der Waals surface area contributed by atoms with Crippen LogP contribution >= 0.6 is 0 Å². The summed E-state index contributed by atoms with van der Waals surface area (Å²) < 4.78 is 0. The van der Waals surface area contributed by atoms with Crippen molar-refractivity contribution in [2.45, 2.75) is 40.0 Å². The molecule has 2 aromatic carbocycles. The minimum absolute atomic E-state index is 0.539. The average Bonchev–Trinajstić information content (AvgIpc) is 2.52. The van der Waals surface area contributed by atoms with Crippen molar-refractivity contribution in [1.29, 1.82) is 0 Å². The molecule has 0 saturated heterocycles. The summed E-state index contributed by atoms with van der Waals surface area (Å²) in [5.74, 6) is 0.539. The number of rotatable bonds is 3. The van der Waals surface area contributed by atoms with E-state index >= 15 is 0 Å². The van der Waals surface area contributed by atoms with E-state index in [1.54, 1.807) is 0 Å². The molecular weight excluding hydrogens is 266 g/mol. The molecule has 1 unspecified atom stereocenters. The van der Waals surface area contributed by atoms with E-state index < -0.39 is 0 Å². The highest BCUT2D eigenvalue weighted by atomic mass is 14.7. The lowest BCUT2D eigenvalue weighted by Crippen LogP contribution is -1.97. The van der Waals surface area contributed by atoms with Crippen molar-refractivity contribution in [2.75, 3.05) is 0 Å². The van der Waals surface area contributed by atoms with Crippen LogP contribution in [0.2, 0.25) is 0 Å². The Kier molecular flexibility index (Phi) is 3.98. The number of hydrogen-bond donors (Lipinski definition) is 0. The number of aryl methyl sites for hydroxylation is 2. The molecule has 0 N–H and O–H groups in total. The molecule has 0 fully saturated rings. The van der Waals surface area contributed by atoms with Gasteiger partial charge in [0, 0.05) is 10.9 Å². The smallest absolute Gasteiger partial charge is 0.0712 e. The van der Waals surface area contributed by atoms with E-state index in [0.29, 0.717) is 5.92 Å². The normalized spacial score (nSPS) is 12.5. The third-order valence-electron chi connectivity index (χ3n) is 4.41. The maximum absolute atomic E-state index is 4.91. The van der Waals surface area contributed by atoms with Crippen LogP contribution in [-0.2, 0) is 0 Å². The zero-order valence-corrected chi connectivity index (χ0v) is 13.9. The number of para-hydroxylation sites is 1. The number of benzene rings is 2. The van der Waals surface area contributed by atoms with Gasteiger partial charge in [-0.25, -0.2) is 4.98 Å². The highest BCUT2D eigenvalue weighted by Gasteiger charge is 2.12. The van der Waals surface area contributed by atoms with Crippen molar-refractivity contribution in [3.8, 4) is 11.3 Å². The van der Waals surface area contributed by atoms with E-state index in [-0.39, 0.29) is 0 Å². The second-order valence-electron chi connectivity index (χ2n) is 6.30. The highest BCUT2D eigenvalue weighted by Crippen LogP contribution is 2.31. The Hall–Kier alpha value is -2.15. The van der Waals surface area contributed by atoms with Crippen LogP contribution in [0, 0.1) is 13.8 Å². The number of nitrogens with zero attached hydrogens (tertiary/aromatic N) is 1. The summed E-state index contributed by atoms with van der Waals surface area (Å²) in [7, 11) is 0. The summed E-state index contributed by atoms with van der Waals surface area (Å²) in [5, 5.41) is 1.28. The van der Waals surface area contributed by atoms with Crippen molar-refractivity contribution in [3.63, 3.8) is 0 Å². The zero-order valence-electron chi connectivity index (χ0n) is 13.9. The van der Waals surface area contributed by atoms with Gasteiger partial charge in [0.05, 0.1) is 11.2 Å². The fourth-order valence-corrected chi connectivity index (χ4v) is 3.10. The Morgan fingerprint density at radius 1 is 0.955 bits per heavy atom. The molecule has 3 rings (SSSR count). The molecule has 0 radical (unpaired) electrons. The van der Waals surface area contributed by atoms with Crippen molar-refractivity contribution in [3.05, 3.63) is 65.2 Å². The van der Waals surface area contributed by atoms with Gasteiger partial charge in [0.1, 0.15) is 0 Å². The monoisotopic (exact) mass is 289 g/mol. The molecule has 0 bridgehead atoms. The molecule has 0 aliphatic rings. The molecule has 22 heavy (non-hydrogen) atoms. The fourth-order valence-electron chi connectivity index (χ4n) is 3.10. The SMILES string of the molecule is CCC(C)c1cc(-c2cc(C)cc(C)c2)nc2ccccc12. The molecule has 1 heteroatoms. The van der Waals surface area contributed by atoms with Crippen LogP contribution < -0.4 is 0 Å². The molecule has 0 spiro atoms. The topological polar surface area (TPSA) is 12.9 Å². The minimum Gasteiger partial charge on any atom is -0.248 e. The highest BCUT2D eigenvalue weighted by molar-refractivity contribution is 5.85. The second kappa shape index (κ2) is 5.92. The third-order valence-corrected chi connectivity index (χ3v) is 4.41. The van der Waals surface area contributed by atoms with Gasteiger partial charge in [-0.1, -0.05) is 49.2 Å². The Morgan fingerprint density at radius 2 is 1.64 bits per heavy atom. The summed E-state index contributed by atoms with van der Waals surface area (Å²) >= 11 is 0. The van der Waals surface area contributed by atoms with Crippen LogP contribution in [0.3, 0.4) is 0 Å². The summed E-state index contributed by atoms with van der Waals surface area (Å²) in [6.45, 7) is 8.84. The van der Waals surface area contributed by atoms with Crippen LogP contribution in [-0.4, -0.2) is 4.98 Å². The van der Waals surface area contributed by atoms with Crippen molar-refractivity contribution in [2.24, 2.45) is 0 Å². The van der Waals surface area contributed by atoms with Crippen LogP contribution in [0.25, 0.3) is 22.2 Å². The van der Waals surface area contributed by atoms with Crippen molar-refractivity contribution >= 4 is 10.9 Å². The first-order valence-electron chi connectivity index (χ1n) is 8.07. The van der Waals surface area contributed by atoms with Gasteiger partial charge in [0.2, 0.25) is 0 Å². The van der Waals surface area contributed by atoms with Gasteiger partial charge in [-0.2, -0.15) is 0 Å². The van der Waals surface area contributed by atoms with Gasteiger partial charge >= 0.3 is 0 Å². The number of pyridine rings is 1. The molecule has 1 aromatic heterocycles. The van der Waals surface area contributed by atoms with Crippen molar-refractivity contribution < 1.29 is 0 Å². The third kappa shape index (κ3) is 2.76. The molecule has 1 atom stereocenters. The van der Waals surface area contributed by atoms with E-state index in [1.165, 1.54) is 27.6 Å². The first-order valence-corrected chi connectivity index (χ1v) is 8.07.